The number of benzene rings is 1. The van der Waals surface area contributed by atoms with E-state index in [2.05, 4.69) is 11.8 Å². The van der Waals surface area contributed by atoms with Crippen molar-refractivity contribution in [2.24, 2.45) is 11.8 Å². The summed E-state index contributed by atoms with van der Waals surface area (Å²) in [5.41, 5.74) is 1.01. The lowest BCUT2D eigenvalue weighted by atomic mass is 10.0. The van der Waals surface area contributed by atoms with E-state index in [1.165, 1.54) is 38.4 Å². The van der Waals surface area contributed by atoms with E-state index >= 15 is 0 Å². The number of hydrogen-bond donors (Lipinski definition) is 2. The van der Waals surface area contributed by atoms with Crippen molar-refractivity contribution in [2.45, 2.75) is 32.2 Å². The summed E-state index contributed by atoms with van der Waals surface area (Å²) >= 11 is 0. The number of hydrogen-bond acceptors (Lipinski definition) is 3. The van der Waals surface area contributed by atoms with Crippen LogP contribution in [0.5, 0.6) is 11.5 Å². The van der Waals surface area contributed by atoms with E-state index in [0.29, 0.717) is 0 Å². The number of nitrogens with zero attached hydrogens (tertiary/aromatic N) is 1. The molecular weight excluding hydrogens is 226 g/mol. The molecule has 3 unspecified atom stereocenters. The van der Waals surface area contributed by atoms with E-state index in [0.717, 1.165) is 17.4 Å². The molecule has 3 rings (SSSR count). The first-order valence-corrected chi connectivity index (χ1v) is 6.90. The van der Waals surface area contributed by atoms with Crippen molar-refractivity contribution in [2.75, 3.05) is 13.1 Å². The SMILES string of the molecule is CC(c1cc(O)cc(O)c1)N1CC2CCCC2C1. The zero-order valence-electron chi connectivity index (χ0n) is 10.8. The number of likely N-dealkylation sites (tertiary alicyclic amines) is 1. The molecule has 2 aliphatic rings. The van der Waals surface area contributed by atoms with E-state index in [-0.39, 0.29) is 17.5 Å². The van der Waals surface area contributed by atoms with E-state index in [1.807, 2.05) is 0 Å². The largest absolute Gasteiger partial charge is 0.508 e. The lowest BCUT2D eigenvalue weighted by molar-refractivity contribution is 0.241. The topological polar surface area (TPSA) is 43.7 Å². The Bertz CT molecular complexity index is 414. The summed E-state index contributed by atoms with van der Waals surface area (Å²) in [7, 11) is 0. The second-order valence-electron chi connectivity index (χ2n) is 5.86. The Labute approximate surface area is 108 Å². The van der Waals surface area contributed by atoms with Gasteiger partial charge in [0.05, 0.1) is 0 Å². The molecule has 1 saturated carbocycles. The number of phenolic OH excluding ortho intramolecular Hbond substituents is 2. The summed E-state index contributed by atoms with van der Waals surface area (Å²) in [6.07, 6.45) is 4.14. The molecular formula is C15H21NO2. The van der Waals surface area contributed by atoms with Gasteiger partial charge in [-0.2, -0.15) is 0 Å². The van der Waals surface area contributed by atoms with Gasteiger partial charge in [-0.15, -0.1) is 0 Å². The molecule has 18 heavy (non-hydrogen) atoms. The highest BCUT2D eigenvalue weighted by Crippen LogP contribution is 2.41. The Morgan fingerprint density at radius 3 is 2.17 bits per heavy atom. The van der Waals surface area contributed by atoms with Crippen molar-refractivity contribution >= 4 is 0 Å². The summed E-state index contributed by atoms with van der Waals surface area (Å²) in [4.78, 5) is 2.49. The van der Waals surface area contributed by atoms with Gasteiger partial charge in [0.1, 0.15) is 11.5 Å². The second-order valence-corrected chi connectivity index (χ2v) is 5.86. The van der Waals surface area contributed by atoms with Gasteiger partial charge in [0.15, 0.2) is 0 Å². The van der Waals surface area contributed by atoms with Crippen LogP contribution in [0.4, 0.5) is 0 Å². The minimum Gasteiger partial charge on any atom is -0.508 e. The van der Waals surface area contributed by atoms with Gasteiger partial charge in [-0.25, -0.2) is 0 Å². The Morgan fingerprint density at radius 1 is 1.06 bits per heavy atom. The summed E-state index contributed by atoms with van der Waals surface area (Å²) in [6.45, 7) is 4.50. The van der Waals surface area contributed by atoms with Gasteiger partial charge in [-0.3, -0.25) is 4.90 Å². The van der Waals surface area contributed by atoms with Crippen molar-refractivity contribution in [1.29, 1.82) is 0 Å². The fourth-order valence-corrected chi connectivity index (χ4v) is 3.66. The molecule has 0 bridgehead atoms. The molecule has 1 heterocycles. The maximum atomic E-state index is 9.57. The molecule has 1 aromatic carbocycles. The molecule has 2 fully saturated rings. The highest BCUT2D eigenvalue weighted by molar-refractivity contribution is 5.38. The molecule has 98 valence electrons. The third-order valence-corrected chi connectivity index (χ3v) is 4.71. The van der Waals surface area contributed by atoms with E-state index in [9.17, 15) is 10.2 Å². The zero-order chi connectivity index (χ0) is 12.7. The van der Waals surface area contributed by atoms with Gasteiger partial charge in [-0.1, -0.05) is 6.42 Å². The number of aromatic hydroxyl groups is 2. The molecule has 3 nitrogen and oxygen atoms in total. The summed E-state index contributed by atoms with van der Waals surface area (Å²) in [6, 6.07) is 5.18. The van der Waals surface area contributed by atoms with Crippen LogP contribution >= 0.6 is 0 Å². The molecule has 1 aliphatic carbocycles. The smallest absolute Gasteiger partial charge is 0.119 e. The van der Waals surface area contributed by atoms with Gasteiger partial charge in [0.2, 0.25) is 0 Å². The average Bonchev–Trinajstić information content (AvgIpc) is 2.86. The molecule has 1 saturated heterocycles. The van der Waals surface area contributed by atoms with Gasteiger partial charge >= 0.3 is 0 Å². The molecule has 0 radical (unpaired) electrons. The first kappa shape index (κ1) is 11.8. The predicted molar refractivity (Wildman–Crippen MR) is 70.6 cm³/mol. The van der Waals surface area contributed by atoms with Crippen LogP contribution in [-0.2, 0) is 0 Å². The molecule has 2 N–H and O–H groups in total. The van der Waals surface area contributed by atoms with E-state index < -0.39 is 0 Å². The standard InChI is InChI=1S/C15H21NO2/c1-10(13-5-14(17)7-15(18)6-13)16-8-11-3-2-4-12(11)9-16/h5-7,10-12,17-18H,2-4,8-9H2,1H3. The second kappa shape index (κ2) is 4.47. The third-order valence-electron chi connectivity index (χ3n) is 4.71. The Balaban J connectivity index is 1.76. The molecule has 0 aromatic heterocycles. The maximum absolute atomic E-state index is 9.57. The molecule has 0 spiro atoms. The maximum Gasteiger partial charge on any atom is 0.119 e. The van der Waals surface area contributed by atoms with Crippen LogP contribution in [0.1, 0.15) is 37.8 Å². The fourth-order valence-electron chi connectivity index (χ4n) is 3.66. The van der Waals surface area contributed by atoms with E-state index in [4.69, 9.17) is 0 Å². The fraction of sp³-hybridized carbons (Fsp3) is 0.600. The first-order valence-electron chi connectivity index (χ1n) is 6.90. The third kappa shape index (κ3) is 2.07. The van der Waals surface area contributed by atoms with Crippen molar-refractivity contribution in [3.8, 4) is 11.5 Å². The quantitative estimate of drug-likeness (QED) is 0.844. The van der Waals surface area contributed by atoms with Crippen molar-refractivity contribution in [1.82, 2.24) is 4.90 Å². The Morgan fingerprint density at radius 2 is 1.61 bits per heavy atom. The van der Waals surface area contributed by atoms with Gasteiger partial charge in [0.25, 0.3) is 0 Å². The molecule has 1 aromatic rings. The van der Waals surface area contributed by atoms with Crippen LogP contribution in [0, 0.1) is 11.8 Å². The monoisotopic (exact) mass is 247 g/mol. The van der Waals surface area contributed by atoms with Crippen molar-refractivity contribution in [3.05, 3.63) is 23.8 Å². The molecule has 0 amide bonds. The highest BCUT2D eigenvalue weighted by Gasteiger charge is 2.37. The zero-order valence-corrected chi connectivity index (χ0v) is 10.8. The van der Waals surface area contributed by atoms with Gasteiger partial charge in [-0.05, 0) is 49.3 Å². The number of phenols is 2. The number of fused-ring (bicyclic) bond motifs is 1. The lowest BCUT2D eigenvalue weighted by Crippen LogP contribution is -2.25. The lowest BCUT2D eigenvalue weighted by Gasteiger charge is -2.25. The summed E-state index contributed by atoms with van der Waals surface area (Å²) in [5.74, 6) is 2.05. The summed E-state index contributed by atoms with van der Waals surface area (Å²) in [5, 5.41) is 19.1. The van der Waals surface area contributed by atoms with Gasteiger partial charge < -0.3 is 10.2 Å². The Kier molecular flexibility index (Phi) is 2.94. The van der Waals surface area contributed by atoms with Crippen LogP contribution in [-0.4, -0.2) is 28.2 Å². The van der Waals surface area contributed by atoms with Crippen molar-refractivity contribution < 1.29 is 10.2 Å². The van der Waals surface area contributed by atoms with Gasteiger partial charge in [0, 0.05) is 25.2 Å². The summed E-state index contributed by atoms with van der Waals surface area (Å²) < 4.78 is 0. The van der Waals surface area contributed by atoms with Crippen LogP contribution in [0.3, 0.4) is 0 Å². The average molecular weight is 247 g/mol. The van der Waals surface area contributed by atoms with Crippen LogP contribution in [0.15, 0.2) is 18.2 Å². The minimum absolute atomic E-state index is 0.149. The van der Waals surface area contributed by atoms with Crippen LogP contribution < -0.4 is 0 Å². The predicted octanol–water partition coefficient (Wildman–Crippen LogP) is 2.89. The Hall–Kier alpha value is -1.22. The van der Waals surface area contributed by atoms with Crippen LogP contribution in [0.2, 0.25) is 0 Å². The first-order chi connectivity index (χ1) is 8.63. The minimum atomic E-state index is 0.149. The highest BCUT2D eigenvalue weighted by atomic mass is 16.3. The molecule has 1 aliphatic heterocycles. The molecule has 3 heteroatoms. The number of rotatable bonds is 2. The van der Waals surface area contributed by atoms with Crippen molar-refractivity contribution in [3.63, 3.8) is 0 Å². The van der Waals surface area contributed by atoms with Crippen LogP contribution in [0.25, 0.3) is 0 Å². The van der Waals surface area contributed by atoms with E-state index in [1.54, 1.807) is 12.1 Å². The normalized spacial score (nSPS) is 29.4. The molecule has 3 atom stereocenters.